The Morgan fingerprint density at radius 1 is 0.879 bits per heavy atom. The first-order chi connectivity index (χ1) is 15.2. The second-order valence-corrected chi connectivity index (χ2v) is 6.71. The molecule has 0 aromatic heterocycles. The van der Waals surface area contributed by atoms with Gasteiger partial charge in [-0.15, -0.1) is 0 Å². The van der Waals surface area contributed by atoms with Crippen molar-refractivity contribution in [2.75, 3.05) is 26.3 Å². The molecule has 14 heteroatoms. The zero-order valence-corrected chi connectivity index (χ0v) is 18.0. The Balaban J connectivity index is 2.55. The maximum absolute atomic E-state index is 13.2. The summed E-state index contributed by atoms with van der Waals surface area (Å²) in [5.41, 5.74) is 3.44. The summed E-state index contributed by atoms with van der Waals surface area (Å²) < 4.78 is 94.5. The average molecular weight is 497 g/mol. The Morgan fingerprint density at radius 2 is 1.33 bits per heavy atom. The van der Waals surface area contributed by atoms with Crippen LogP contribution in [0.5, 0.6) is 17.2 Å². The molecular formula is C19H17F6N3O4S. The third kappa shape index (κ3) is 5.88. The molecular weight excluding hydrogens is 480 g/mol. The van der Waals surface area contributed by atoms with Gasteiger partial charge in [-0.05, 0) is 42.5 Å². The number of halogens is 6. The van der Waals surface area contributed by atoms with E-state index < -0.39 is 40.2 Å². The Labute approximate surface area is 189 Å². The number of ether oxygens (including phenoxy) is 3. The topological polar surface area (TPSA) is 86.1 Å². The van der Waals surface area contributed by atoms with Crippen molar-refractivity contribution in [1.82, 2.24) is 5.43 Å². The molecule has 0 bridgehead atoms. The van der Waals surface area contributed by atoms with Crippen LogP contribution in [0.25, 0.3) is 0 Å². The van der Waals surface area contributed by atoms with Gasteiger partial charge in [-0.25, -0.2) is 5.01 Å². The number of amides is 1. The molecule has 0 aliphatic heterocycles. The number of rotatable bonds is 5. The van der Waals surface area contributed by atoms with Crippen LogP contribution in [0.4, 0.5) is 32.0 Å². The monoisotopic (exact) mass is 497 g/mol. The van der Waals surface area contributed by atoms with Gasteiger partial charge in [-0.3, -0.25) is 10.2 Å². The number of carbonyl (C=O) groups is 1. The molecule has 0 radical (unpaired) electrons. The van der Waals surface area contributed by atoms with Crippen LogP contribution in [0.15, 0.2) is 30.3 Å². The summed E-state index contributed by atoms with van der Waals surface area (Å²) in [6.45, 7) is 0. The maximum atomic E-state index is 13.2. The normalized spacial score (nSPS) is 11.5. The van der Waals surface area contributed by atoms with Gasteiger partial charge in [0.25, 0.3) is 5.91 Å². The van der Waals surface area contributed by atoms with Crippen molar-refractivity contribution in [1.29, 1.82) is 0 Å². The van der Waals surface area contributed by atoms with Crippen LogP contribution in [0.1, 0.15) is 21.5 Å². The van der Waals surface area contributed by atoms with E-state index in [1.54, 1.807) is 0 Å². The number of hydrogen-bond donors (Lipinski definition) is 2. The Hall–Kier alpha value is -3.42. The van der Waals surface area contributed by atoms with Gasteiger partial charge in [0.15, 0.2) is 16.6 Å². The minimum atomic E-state index is -5.11. The first-order valence-corrected chi connectivity index (χ1v) is 9.13. The van der Waals surface area contributed by atoms with E-state index >= 15 is 0 Å². The van der Waals surface area contributed by atoms with Crippen molar-refractivity contribution in [2.45, 2.75) is 12.4 Å². The first-order valence-electron chi connectivity index (χ1n) is 8.73. The molecule has 0 atom stereocenters. The molecule has 0 unspecified atom stereocenters. The lowest BCUT2D eigenvalue weighted by atomic mass is 10.1. The molecule has 2 aromatic rings. The SMILES string of the molecule is COc1cc(C(=O)NN(C(N)=S)c2cc(C(F)(F)F)cc(C(F)(F)F)c2)cc(OC)c1OC. The lowest BCUT2D eigenvalue weighted by Gasteiger charge is -2.25. The second kappa shape index (κ2) is 9.60. The van der Waals surface area contributed by atoms with Gasteiger partial charge in [0.05, 0.1) is 38.1 Å². The maximum Gasteiger partial charge on any atom is 0.416 e. The summed E-state index contributed by atoms with van der Waals surface area (Å²) in [4.78, 5) is 12.8. The molecule has 180 valence electrons. The van der Waals surface area contributed by atoms with E-state index in [9.17, 15) is 31.1 Å². The van der Waals surface area contributed by atoms with Gasteiger partial charge in [-0.1, -0.05) is 0 Å². The highest BCUT2D eigenvalue weighted by molar-refractivity contribution is 7.80. The number of benzene rings is 2. The van der Waals surface area contributed by atoms with Crippen molar-refractivity contribution < 1.29 is 45.3 Å². The zero-order chi connectivity index (χ0) is 25.1. The van der Waals surface area contributed by atoms with E-state index in [-0.39, 0.29) is 28.9 Å². The highest BCUT2D eigenvalue weighted by Crippen LogP contribution is 2.39. The molecule has 0 saturated carbocycles. The minimum absolute atomic E-state index is 0.0672. The van der Waals surface area contributed by atoms with Crippen molar-refractivity contribution in [2.24, 2.45) is 5.73 Å². The summed E-state index contributed by atoms with van der Waals surface area (Å²) >= 11 is 4.73. The number of thiocarbonyl (C=S) groups is 1. The van der Waals surface area contributed by atoms with Crippen molar-refractivity contribution in [3.8, 4) is 17.2 Å². The lowest BCUT2D eigenvalue weighted by Crippen LogP contribution is -2.49. The molecule has 0 saturated heterocycles. The minimum Gasteiger partial charge on any atom is -0.493 e. The molecule has 2 aromatic carbocycles. The van der Waals surface area contributed by atoms with Crippen molar-refractivity contribution >= 4 is 28.9 Å². The number of nitrogens with one attached hydrogen (secondary N) is 1. The summed E-state index contributed by atoms with van der Waals surface area (Å²) in [5, 5.41) is -0.297. The fraction of sp³-hybridized carbons (Fsp3) is 0.263. The van der Waals surface area contributed by atoms with Crippen LogP contribution >= 0.6 is 12.2 Å². The van der Waals surface area contributed by atoms with E-state index in [1.165, 1.54) is 33.5 Å². The van der Waals surface area contributed by atoms with Gasteiger partial charge >= 0.3 is 12.4 Å². The molecule has 3 N–H and O–H groups in total. The van der Waals surface area contributed by atoms with Gasteiger partial charge in [0.1, 0.15) is 0 Å². The number of nitrogens with two attached hydrogens (primary N) is 1. The largest absolute Gasteiger partial charge is 0.493 e. The van der Waals surface area contributed by atoms with Gasteiger partial charge in [0, 0.05) is 5.56 Å². The highest BCUT2D eigenvalue weighted by atomic mass is 32.1. The Bertz CT molecular complexity index is 1000. The van der Waals surface area contributed by atoms with Crippen molar-refractivity contribution in [3.63, 3.8) is 0 Å². The summed E-state index contributed by atoms with van der Waals surface area (Å²) in [7, 11) is 3.88. The smallest absolute Gasteiger partial charge is 0.416 e. The Morgan fingerprint density at radius 3 is 1.67 bits per heavy atom. The van der Waals surface area contributed by atoms with Crippen molar-refractivity contribution in [3.05, 3.63) is 47.0 Å². The molecule has 0 fully saturated rings. The molecule has 0 aliphatic rings. The standard InChI is InChI=1S/C19H17F6N3O4S/c1-30-13-4-9(5-14(31-2)15(13)32-3)16(29)27-28(17(26)33)12-7-10(18(20,21)22)6-11(8-12)19(23,24)25/h4-8H,1-3H3,(H2,26,33)(H,27,29). The third-order valence-electron chi connectivity index (χ3n) is 4.19. The van der Waals surface area contributed by atoms with E-state index in [1.807, 2.05) is 0 Å². The summed E-state index contributed by atoms with van der Waals surface area (Å²) in [6.07, 6.45) is -10.2. The molecule has 0 heterocycles. The van der Waals surface area contributed by atoms with Crippen LogP contribution in [0.2, 0.25) is 0 Å². The van der Waals surface area contributed by atoms with Crippen LogP contribution < -0.4 is 30.4 Å². The van der Waals surface area contributed by atoms with E-state index in [4.69, 9.17) is 32.2 Å². The number of hydrogen-bond acceptors (Lipinski definition) is 5. The van der Waals surface area contributed by atoms with Gasteiger partial charge < -0.3 is 19.9 Å². The second-order valence-electron chi connectivity index (χ2n) is 6.29. The highest BCUT2D eigenvalue weighted by Gasteiger charge is 2.38. The summed E-state index contributed by atoms with van der Waals surface area (Å²) in [6, 6.07) is 3.08. The van der Waals surface area contributed by atoms with Crippen LogP contribution in [0.3, 0.4) is 0 Å². The zero-order valence-electron chi connectivity index (χ0n) is 17.2. The Kier molecular flexibility index (Phi) is 7.52. The first kappa shape index (κ1) is 25.8. The number of carbonyl (C=O) groups excluding carboxylic acids is 1. The lowest BCUT2D eigenvalue weighted by molar-refractivity contribution is -0.143. The van der Waals surface area contributed by atoms with Gasteiger partial charge in [-0.2, -0.15) is 26.3 Å². The molecule has 0 spiro atoms. The number of alkyl halides is 6. The number of anilines is 1. The average Bonchev–Trinajstić information content (AvgIpc) is 2.74. The predicted octanol–water partition coefficient (Wildman–Crippen LogP) is 4.15. The third-order valence-corrected chi connectivity index (χ3v) is 4.37. The fourth-order valence-electron chi connectivity index (χ4n) is 2.69. The molecule has 2 rings (SSSR count). The number of methoxy groups -OCH3 is 3. The molecule has 33 heavy (non-hydrogen) atoms. The fourth-order valence-corrected chi connectivity index (χ4v) is 2.84. The van der Waals surface area contributed by atoms with Crippen LogP contribution in [-0.4, -0.2) is 32.3 Å². The van der Waals surface area contributed by atoms with E-state index in [2.05, 4.69) is 5.43 Å². The number of hydrazine groups is 1. The van der Waals surface area contributed by atoms with Crippen LogP contribution in [0, 0.1) is 0 Å². The number of nitrogens with zero attached hydrogens (tertiary/aromatic N) is 1. The van der Waals surface area contributed by atoms with Crippen LogP contribution in [-0.2, 0) is 12.4 Å². The molecule has 7 nitrogen and oxygen atoms in total. The van der Waals surface area contributed by atoms with E-state index in [0.717, 1.165) is 0 Å². The quantitative estimate of drug-likeness (QED) is 0.365. The molecule has 0 aliphatic carbocycles. The predicted molar refractivity (Wildman–Crippen MR) is 109 cm³/mol. The molecule has 1 amide bonds. The van der Waals surface area contributed by atoms with Gasteiger partial charge in [0.2, 0.25) is 5.75 Å². The van der Waals surface area contributed by atoms with E-state index in [0.29, 0.717) is 17.1 Å². The summed E-state index contributed by atoms with van der Waals surface area (Å²) in [5.74, 6) is -0.701.